The third kappa shape index (κ3) is 5.25. The summed E-state index contributed by atoms with van der Waals surface area (Å²) < 4.78 is 6.77. The number of ether oxygens (including phenoxy) is 1. The lowest BCUT2D eigenvalue weighted by Crippen LogP contribution is -2.52. The second-order valence-electron chi connectivity index (χ2n) is 8.85. The van der Waals surface area contributed by atoms with E-state index in [0.717, 1.165) is 18.4 Å². The molecule has 0 radical (unpaired) electrons. The van der Waals surface area contributed by atoms with Gasteiger partial charge in [-0.25, -0.2) is 0 Å². The second-order valence-corrected chi connectivity index (χ2v) is 8.85. The molecule has 2 aliphatic rings. The molecule has 1 N–H and O–H groups in total. The summed E-state index contributed by atoms with van der Waals surface area (Å²) >= 11 is 0. The Hall–Kier alpha value is -0.0800. The molecular weight excluding hydrogens is 258 g/mol. The van der Waals surface area contributed by atoms with Crippen LogP contribution in [0.1, 0.15) is 86.0 Å². The molecule has 3 unspecified atom stereocenters. The highest BCUT2D eigenvalue weighted by Crippen LogP contribution is 2.38. The van der Waals surface area contributed by atoms with Gasteiger partial charge in [-0.05, 0) is 64.7 Å². The summed E-state index contributed by atoms with van der Waals surface area (Å²) in [5.41, 5.74) is 0.290. The topological polar surface area (TPSA) is 21.3 Å². The first-order chi connectivity index (χ1) is 9.80. The fourth-order valence-corrected chi connectivity index (χ4v) is 3.92. The van der Waals surface area contributed by atoms with Crippen LogP contribution in [0.4, 0.5) is 0 Å². The molecule has 0 saturated heterocycles. The quantitative estimate of drug-likeness (QED) is 0.795. The second kappa shape index (κ2) is 7.00. The van der Waals surface area contributed by atoms with Crippen LogP contribution >= 0.6 is 0 Å². The summed E-state index contributed by atoms with van der Waals surface area (Å²) in [6.45, 7) is 12.6. The Morgan fingerprint density at radius 1 is 1.00 bits per heavy atom. The molecule has 0 aromatic rings. The lowest BCUT2D eigenvalue weighted by Gasteiger charge is -2.44. The molecule has 0 spiro atoms. The average molecular weight is 296 g/mol. The van der Waals surface area contributed by atoms with Crippen molar-refractivity contribution in [3.8, 4) is 0 Å². The SMILES string of the molecule is CC1CCC(OC2(CNC(C)(C)C)CCCCC2)CC1C. The van der Waals surface area contributed by atoms with Crippen LogP contribution in [-0.2, 0) is 4.74 Å². The van der Waals surface area contributed by atoms with Crippen LogP contribution in [0.15, 0.2) is 0 Å². The molecule has 21 heavy (non-hydrogen) atoms. The van der Waals surface area contributed by atoms with Gasteiger partial charge in [0.25, 0.3) is 0 Å². The molecule has 0 aromatic carbocycles. The Morgan fingerprint density at radius 3 is 2.24 bits per heavy atom. The maximum atomic E-state index is 6.77. The minimum absolute atomic E-state index is 0.108. The Kier molecular flexibility index (Phi) is 5.76. The molecule has 0 amide bonds. The summed E-state index contributed by atoms with van der Waals surface area (Å²) in [7, 11) is 0. The van der Waals surface area contributed by atoms with Crippen molar-refractivity contribution in [2.45, 2.75) is 103 Å². The maximum Gasteiger partial charge on any atom is 0.0810 e. The van der Waals surface area contributed by atoms with Gasteiger partial charge in [0.1, 0.15) is 0 Å². The standard InChI is InChI=1S/C19H37NO/c1-15-9-10-17(13-16(15)2)21-19(11-7-6-8-12-19)14-20-18(3,4)5/h15-17,20H,6-14H2,1-5H3. The van der Waals surface area contributed by atoms with Crippen molar-refractivity contribution in [1.29, 1.82) is 0 Å². The smallest absolute Gasteiger partial charge is 0.0810 e. The summed E-state index contributed by atoms with van der Waals surface area (Å²) in [6.07, 6.45) is 10.9. The van der Waals surface area contributed by atoms with E-state index >= 15 is 0 Å². The van der Waals surface area contributed by atoms with Crippen LogP contribution in [0.5, 0.6) is 0 Å². The van der Waals surface area contributed by atoms with Crippen molar-refractivity contribution in [3.05, 3.63) is 0 Å². The zero-order valence-corrected chi connectivity index (χ0v) is 15.0. The summed E-state index contributed by atoms with van der Waals surface area (Å²) in [5.74, 6) is 1.69. The molecule has 2 rings (SSSR count). The average Bonchev–Trinajstić information content (AvgIpc) is 2.41. The molecule has 2 heteroatoms. The highest BCUT2D eigenvalue weighted by molar-refractivity contribution is 4.91. The predicted octanol–water partition coefficient (Wildman–Crippen LogP) is 4.92. The van der Waals surface area contributed by atoms with Crippen LogP contribution in [0.3, 0.4) is 0 Å². The zero-order valence-electron chi connectivity index (χ0n) is 15.0. The largest absolute Gasteiger partial charge is 0.370 e. The summed E-state index contributed by atoms with van der Waals surface area (Å²) in [5, 5.41) is 3.72. The highest BCUT2D eigenvalue weighted by atomic mass is 16.5. The molecule has 2 nitrogen and oxygen atoms in total. The maximum absolute atomic E-state index is 6.77. The van der Waals surface area contributed by atoms with Crippen LogP contribution in [0.2, 0.25) is 0 Å². The van der Waals surface area contributed by atoms with E-state index in [1.54, 1.807) is 0 Å². The molecule has 2 fully saturated rings. The van der Waals surface area contributed by atoms with Crippen molar-refractivity contribution in [3.63, 3.8) is 0 Å². The van der Waals surface area contributed by atoms with Crippen LogP contribution in [0, 0.1) is 11.8 Å². The molecular formula is C19H37NO. The van der Waals surface area contributed by atoms with Gasteiger partial charge in [0.2, 0.25) is 0 Å². The van der Waals surface area contributed by atoms with Crippen molar-refractivity contribution in [2.75, 3.05) is 6.54 Å². The molecule has 124 valence electrons. The van der Waals surface area contributed by atoms with Gasteiger partial charge in [0, 0.05) is 12.1 Å². The van der Waals surface area contributed by atoms with Gasteiger partial charge in [-0.3, -0.25) is 0 Å². The molecule has 0 aliphatic heterocycles. The third-order valence-corrected chi connectivity index (χ3v) is 5.67. The van der Waals surface area contributed by atoms with Crippen molar-refractivity contribution in [2.24, 2.45) is 11.8 Å². The first kappa shape index (κ1) is 17.3. The molecule has 3 atom stereocenters. The molecule has 0 bridgehead atoms. The highest BCUT2D eigenvalue weighted by Gasteiger charge is 2.38. The molecule has 0 heterocycles. The van der Waals surface area contributed by atoms with Gasteiger partial charge in [-0.1, -0.05) is 33.1 Å². The van der Waals surface area contributed by atoms with E-state index in [9.17, 15) is 0 Å². The molecule has 2 saturated carbocycles. The monoisotopic (exact) mass is 295 g/mol. The van der Waals surface area contributed by atoms with Gasteiger partial charge in [0.05, 0.1) is 11.7 Å². The Balaban J connectivity index is 1.95. The van der Waals surface area contributed by atoms with E-state index in [0.29, 0.717) is 6.10 Å². The molecule has 0 aromatic heterocycles. The van der Waals surface area contributed by atoms with Crippen molar-refractivity contribution in [1.82, 2.24) is 5.32 Å². The Labute approximate surface area is 132 Å². The van der Waals surface area contributed by atoms with Gasteiger partial charge in [-0.2, -0.15) is 0 Å². The fraction of sp³-hybridized carbons (Fsp3) is 1.00. The van der Waals surface area contributed by atoms with E-state index in [-0.39, 0.29) is 11.1 Å². The molecule has 2 aliphatic carbocycles. The van der Waals surface area contributed by atoms with Gasteiger partial charge in [0.15, 0.2) is 0 Å². The Morgan fingerprint density at radius 2 is 1.67 bits per heavy atom. The lowest BCUT2D eigenvalue weighted by atomic mass is 9.79. The first-order valence-electron chi connectivity index (χ1n) is 9.23. The van der Waals surface area contributed by atoms with E-state index in [2.05, 4.69) is 39.9 Å². The number of rotatable bonds is 4. The summed E-state index contributed by atoms with van der Waals surface area (Å²) in [4.78, 5) is 0. The van der Waals surface area contributed by atoms with Gasteiger partial charge in [-0.15, -0.1) is 0 Å². The summed E-state index contributed by atoms with van der Waals surface area (Å²) in [6, 6.07) is 0. The van der Waals surface area contributed by atoms with Crippen molar-refractivity contribution < 1.29 is 4.74 Å². The van der Waals surface area contributed by atoms with E-state index < -0.39 is 0 Å². The third-order valence-electron chi connectivity index (χ3n) is 5.67. The number of hydrogen-bond acceptors (Lipinski definition) is 2. The van der Waals surface area contributed by atoms with E-state index in [4.69, 9.17) is 4.74 Å². The van der Waals surface area contributed by atoms with Crippen LogP contribution < -0.4 is 5.32 Å². The minimum Gasteiger partial charge on any atom is -0.370 e. The van der Waals surface area contributed by atoms with Crippen LogP contribution in [-0.4, -0.2) is 23.8 Å². The van der Waals surface area contributed by atoms with Crippen molar-refractivity contribution >= 4 is 0 Å². The normalized spacial score (nSPS) is 33.9. The van der Waals surface area contributed by atoms with E-state index in [1.165, 1.54) is 51.4 Å². The minimum atomic E-state index is 0.108. The van der Waals surface area contributed by atoms with Gasteiger partial charge >= 0.3 is 0 Å². The zero-order chi connectivity index (χ0) is 15.5. The predicted molar refractivity (Wildman–Crippen MR) is 90.6 cm³/mol. The number of hydrogen-bond donors (Lipinski definition) is 1. The Bertz CT molecular complexity index is 314. The van der Waals surface area contributed by atoms with E-state index in [1.807, 2.05) is 0 Å². The lowest BCUT2D eigenvalue weighted by molar-refractivity contribution is -0.132. The first-order valence-corrected chi connectivity index (χ1v) is 9.23. The number of nitrogens with one attached hydrogen (secondary N) is 1. The van der Waals surface area contributed by atoms with Gasteiger partial charge < -0.3 is 10.1 Å². The van der Waals surface area contributed by atoms with Crippen LogP contribution in [0.25, 0.3) is 0 Å². The fourth-order valence-electron chi connectivity index (χ4n) is 3.92.